The Balaban J connectivity index is 0.979. The van der Waals surface area contributed by atoms with Crippen molar-refractivity contribution < 1.29 is 0 Å². The third kappa shape index (κ3) is 5.82. The third-order valence-electron chi connectivity index (χ3n) is 13.5. The van der Waals surface area contributed by atoms with Crippen molar-refractivity contribution in [2.45, 2.75) is 5.41 Å². The van der Waals surface area contributed by atoms with Crippen molar-refractivity contribution in [2.75, 3.05) is 0 Å². The zero-order valence-corrected chi connectivity index (χ0v) is 35.9. The van der Waals surface area contributed by atoms with Gasteiger partial charge in [-0.25, -0.2) is 15.0 Å². The Morgan fingerprint density at radius 2 is 0.818 bits per heavy atom. The standard InChI is InChI=1S/C62H40N4/c1-4-19-42(20-5-1)59-63-60(65-61(64-59)45-22-18-27-48(39-45)66-55-33-16-13-29-50(55)51-30-14-17-34-56(51)66)43-37-35-41(36-38-43)53-40-44-21-10-11-28-49(44)58-57(53)52-31-12-15-32-54(52)62(58,46-23-6-2-7-24-46)47-25-8-3-9-26-47/h1-40H. The monoisotopic (exact) mass is 840 g/mol. The molecule has 12 aromatic rings. The second-order valence-electron chi connectivity index (χ2n) is 17.1. The van der Waals surface area contributed by atoms with Gasteiger partial charge in [0.15, 0.2) is 17.5 Å². The summed E-state index contributed by atoms with van der Waals surface area (Å²) in [6.45, 7) is 0. The van der Waals surface area contributed by atoms with E-state index in [-0.39, 0.29) is 0 Å². The van der Waals surface area contributed by atoms with E-state index in [2.05, 4.69) is 229 Å². The van der Waals surface area contributed by atoms with E-state index >= 15 is 0 Å². The van der Waals surface area contributed by atoms with Crippen molar-refractivity contribution in [1.82, 2.24) is 19.5 Å². The highest BCUT2D eigenvalue weighted by Gasteiger charge is 2.48. The second kappa shape index (κ2) is 15.2. The van der Waals surface area contributed by atoms with E-state index in [1.165, 1.54) is 60.5 Å². The Kier molecular flexibility index (Phi) is 8.72. The average Bonchev–Trinajstić information content (AvgIpc) is 3.91. The number of rotatable bonds is 7. The van der Waals surface area contributed by atoms with Crippen LogP contribution in [0.5, 0.6) is 0 Å². The maximum atomic E-state index is 5.23. The molecule has 0 atom stereocenters. The minimum absolute atomic E-state index is 0.530. The Hall–Kier alpha value is -8.73. The van der Waals surface area contributed by atoms with Crippen molar-refractivity contribution in [1.29, 1.82) is 0 Å². The van der Waals surface area contributed by atoms with E-state index < -0.39 is 5.41 Å². The van der Waals surface area contributed by atoms with Gasteiger partial charge in [0.2, 0.25) is 0 Å². The lowest BCUT2D eigenvalue weighted by molar-refractivity contribution is 0.775. The summed E-state index contributed by atoms with van der Waals surface area (Å²) in [6.07, 6.45) is 0. The van der Waals surface area contributed by atoms with Crippen LogP contribution in [0.3, 0.4) is 0 Å². The van der Waals surface area contributed by atoms with E-state index in [4.69, 9.17) is 15.0 Å². The number of benzene rings is 10. The first-order valence-corrected chi connectivity index (χ1v) is 22.5. The zero-order valence-electron chi connectivity index (χ0n) is 35.9. The van der Waals surface area contributed by atoms with Gasteiger partial charge in [0, 0.05) is 33.2 Å². The number of nitrogens with zero attached hydrogens (tertiary/aromatic N) is 4. The van der Waals surface area contributed by atoms with Gasteiger partial charge in [-0.15, -0.1) is 0 Å². The zero-order chi connectivity index (χ0) is 43.6. The predicted octanol–water partition coefficient (Wildman–Crippen LogP) is 15.2. The smallest absolute Gasteiger partial charge is 0.164 e. The maximum Gasteiger partial charge on any atom is 0.164 e. The summed E-state index contributed by atoms with van der Waals surface area (Å²) >= 11 is 0. The molecule has 0 bridgehead atoms. The molecule has 0 spiro atoms. The van der Waals surface area contributed by atoms with Gasteiger partial charge >= 0.3 is 0 Å². The Morgan fingerprint density at radius 3 is 1.47 bits per heavy atom. The summed E-state index contributed by atoms with van der Waals surface area (Å²) in [5.74, 6) is 1.87. The molecule has 66 heavy (non-hydrogen) atoms. The van der Waals surface area contributed by atoms with Gasteiger partial charge in [-0.2, -0.15) is 0 Å². The summed E-state index contributed by atoms with van der Waals surface area (Å²) < 4.78 is 2.33. The molecule has 10 aromatic carbocycles. The molecule has 0 radical (unpaired) electrons. The van der Waals surface area contributed by atoms with Gasteiger partial charge < -0.3 is 4.57 Å². The SMILES string of the molecule is c1ccc(-c2nc(-c3ccc(-c4cc5ccccc5c5c4-c4ccccc4C5(c4ccccc4)c4ccccc4)cc3)nc(-c3cccc(-n4c5ccccc5c5ccccc54)c3)n2)cc1. The third-order valence-corrected chi connectivity index (χ3v) is 13.5. The van der Waals surface area contributed by atoms with Crippen molar-refractivity contribution >= 4 is 32.6 Å². The first-order valence-electron chi connectivity index (χ1n) is 22.5. The van der Waals surface area contributed by atoms with Gasteiger partial charge in [0.05, 0.1) is 16.4 Å². The van der Waals surface area contributed by atoms with E-state index in [9.17, 15) is 0 Å². The molecule has 0 fully saturated rings. The van der Waals surface area contributed by atoms with Crippen LogP contribution in [0.2, 0.25) is 0 Å². The molecule has 2 aromatic heterocycles. The summed E-state index contributed by atoms with van der Waals surface area (Å²) in [4.78, 5) is 15.5. The Labute approximate surface area is 382 Å². The number of hydrogen-bond acceptors (Lipinski definition) is 3. The molecule has 2 heterocycles. The molecular weight excluding hydrogens is 801 g/mol. The van der Waals surface area contributed by atoms with Crippen LogP contribution >= 0.6 is 0 Å². The predicted molar refractivity (Wildman–Crippen MR) is 271 cm³/mol. The molecule has 0 N–H and O–H groups in total. The number of para-hydroxylation sites is 2. The van der Waals surface area contributed by atoms with Crippen LogP contribution in [0.1, 0.15) is 22.3 Å². The molecule has 4 heteroatoms. The Morgan fingerprint density at radius 1 is 0.333 bits per heavy atom. The molecule has 308 valence electrons. The molecule has 0 aliphatic heterocycles. The first kappa shape index (κ1) is 37.8. The minimum atomic E-state index is -0.530. The van der Waals surface area contributed by atoms with Crippen molar-refractivity contribution in [3.8, 4) is 62.1 Å². The van der Waals surface area contributed by atoms with E-state index in [0.717, 1.165) is 39.0 Å². The number of fused-ring (bicyclic) bond motifs is 8. The van der Waals surface area contributed by atoms with Crippen molar-refractivity contribution in [3.63, 3.8) is 0 Å². The van der Waals surface area contributed by atoms with Gasteiger partial charge in [-0.1, -0.05) is 212 Å². The lowest BCUT2D eigenvalue weighted by Gasteiger charge is -2.35. The van der Waals surface area contributed by atoms with E-state index in [0.29, 0.717) is 17.5 Å². The topological polar surface area (TPSA) is 43.6 Å². The molecular formula is C62H40N4. The fraction of sp³-hybridized carbons (Fsp3) is 0.0161. The van der Waals surface area contributed by atoms with Gasteiger partial charge in [0.1, 0.15) is 0 Å². The quantitative estimate of drug-likeness (QED) is 0.161. The van der Waals surface area contributed by atoms with Crippen LogP contribution in [0.25, 0.3) is 94.7 Å². The highest BCUT2D eigenvalue weighted by atomic mass is 15.0. The highest BCUT2D eigenvalue weighted by Crippen LogP contribution is 2.60. The van der Waals surface area contributed by atoms with Gasteiger partial charge in [0.25, 0.3) is 0 Å². The Bertz CT molecular complexity index is 3710. The van der Waals surface area contributed by atoms with Gasteiger partial charge in [-0.05, 0) is 85.6 Å². The number of hydrogen-bond donors (Lipinski definition) is 0. The van der Waals surface area contributed by atoms with Crippen LogP contribution in [0.4, 0.5) is 0 Å². The summed E-state index contributed by atoms with van der Waals surface area (Å²) in [7, 11) is 0. The molecule has 0 saturated heterocycles. The molecule has 4 nitrogen and oxygen atoms in total. The largest absolute Gasteiger partial charge is 0.309 e. The lowest BCUT2D eigenvalue weighted by Crippen LogP contribution is -2.28. The van der Waals surface area contributed by atoms with E-state index in [1.807, 2.05) is 18.2 Å². The molecule has 1 aliphatic carbocycles. The van der Waals surface area contributed by atoms with Crippen LogP contribution in [0, 0.1) is 0 Å². The highest BCUT2D eigenvalue weighted by molar-refractivity contribution is 6.09. The van der Waals surface area contributed by atoms with Crippen LogP contribution in [0.15, 0.2) is 243 Å². The number of aromatic nitrogens is 4. The fourth-order valence-corrected chi connectivity index (χ4v) is 10.7. The fourth-order valence-electron chi connectivity index (χ4n) is 10.7. The van der Waals surface area contributed by atoms with Crippen molar-refractivity contribution in [2.24, 2.45) is 0 Å². The summed E-state index contributed by atoms with van der Waals surface area (Å²) in [5, 5.41) is 4.91. The molecule has 1 aliphatic rings. The van der Waals surface area contributed by atoms with E-state index in [1.54, 1.807) is 0 Å². The molecule has 0 unspecified atom stereocenters. The van der Waals surface area contributed by atoms with Crippen LogP contribution < -0.4 is 0 Å². The van der Waals surface area contributed by atoms with Crippen molar-refractivity contribution in [3.05, 3.63) is 265 Å². The molecule has 13 rings (SSSR count). The van der Waals surface area contributed by atoms with Gasteiger partial charge in [-0.3, -0.25) is 0 Å². The molecule has 0 amide bonds. The second-order valence-corrected chi connectivity index (χ2v) is 17.1. The first-order chi connectivity index (χ1) is 32.7. The average molecular weight is 841 g/mol. The summed E-state index contributed by atoms with van der Waals surface area (Å²) in [6, 6.07) is 87.1. The molecule has 0 saturated carbocycles. The normalized spacial score (nSPS) is 12.7. The minimum Gasteiger partial charge on any atom is -0.309 e. The van der Waals surface area contributed by atoms with Crippen LogP contribution in [-0.4, -0.2) is 19.5 Å². The lowest BCUT2D eigenvalue weighted by atomic mass is 9.66. The van der Waals surface area contributed by atoms with Crippen LogP contribution in [-0.2, 0) is 5.41 Å². The maximum absolute atomic E-state index is 5.23. The summed E-state index contributed by atoms with van der Waals surface area (Å²) in [5.41, 5.74) is 15.5.